The maximum Gasteiger partial charge on any atom is 0.0861 e. The number of thioether (sulfide) groups is 1. The molecule has 0 aliphatic heterocycles. The molecule has 4 N–H and O–H groups in total. The van der Waals surface area contributed by atoms with Gasteiger partial charge in [0.05, 0.1) is 12.7 Å². The van der Waals surface area contributed by atoms with E-state index in [-0.39, 0.29) is 6.61 Å². The van der Waals surface area contributed by atoms with Crippen LogP contribution in [-0.2, 0) is 5.75 Å². The summed E-state index contributed by atoms with van der Waals surface area (Å²) in [6, 6.07) is 5.33. The van der Waals surface area contributed by atoms with E-state index in [1.807, 2.05) is 6.07 Å². The Morgan fingerprint density at radius 3 is 2.87 bits per heavy atom. The lowest BCUT2D eigenvalue weighted by Gasteiger charge is -2.08. The highest BCUT2D eigenvalue weighted by molar-refractivity contribution is 7.98. The standard InChI is InChI=1S/C10H14ClNO2S/c11-10-2-1-8(12)3-7(10)5-15-6-9(14)4-13/h1-3,9,13-14H,4-6,12H2. The average Bonchev–Trinajstić information content (AvgIpc) is 2.23. The number of hydrogen-bond donors (Lipinski definition) is 3. The summed E-state index contributed by atoms with van der Waals surface area (Å²) in [6.07, 6.45) is -0.671. The van der Waals surface area contributed by atoms with Crippen molar-refractivity contribution in [1.29, 1.82) is 0 Å². The first-order chi connectivity index (χ1) is 7.13. The summed E-state index contributed by atoms with van der Waals surface area (Å²) in [5, 5.41) is 18.4. The van der Waals surface area contributed by atoms with Crippen molar-refractivity contribution in [3.63, 3.8) is 0 Å². The van der Waals surface area contributed by atoms with Crippen molar-refractivity contribution in [3.8, 4) is 0 Å². The van der Waals surface area contributed by atoms with Crippen molar-refractivity contribution in [2.24, 2.45) is 0 Å². The lowest BCUT2D eigenvalue weighted by molar-refractivity contribution is 0.113. The second-order valence-electron chi connectivity index (χ2n) is 3.20. The molecule has 0 spiro atoms. The molecule has 0 saturated carbocycles. The quantitative estimate of drug-likeness (QED) is 0.690. The Morgan fingerprint density at radius 1 is 1.47 bits per heavy atom. The molecule has 0 amide bonds. The molecule has 1 aromatic rings. The van der Waals surface area contributed by atoms with E-state index < -0.39 is 6.10 Å². The molecule has 5 heteroatoms. The number of aliphatic hydroxyl groups excluding tert-OH is 2. The summed E-state index contributed by atoms with van der Waals surface area (Å²) in [5.41, 5.74) is 7.26. The van der Waals surface area contributed by atoms with Crippen molar-refractivity contribution in [2.45, 2.75) is 11.9 Å². The van der Waals surface area contributed by atoms with Crippen LogP contribution < -0.4 is 5.73 Å². The Balaban J connectivity index is 2.46. The molecular weight excluding hydrogens is 234 g/mol. The first kappa shape index (κ1) is 12.6. The van der Waals surface area contributed by atoms with Gasteiger partial charge in [0.2, 0.25) is 0 Å². The van der Waals surface area contributed by atoms with Gasteiger partial charge in [-0.25, -0.2) is 0 Å². The summed E-state index contributed by atoms with van der Waals surface area (Å²) in [4.78, 5) is 0. The zero-order valence-electron chi connectivity index (χ0n) is 8.19. The molecule has 0 aliphatic carbocycles. The second kappa shape index (κ2) is 6.23. The minimum Gasteiger partial charge on any atom is -0.399 e. The molecular formula is C10H14ClNO2S. The summed E-state index contributed by atoms with van der Waals surface area (Å²) in [6.45, 7) is -0.211. The van der Waals surface area contributed by atoms with Gasteiger partial charge in [0.25, 0.3) is 0 Å². The maximum atomic E-state index is 9.13. The van der Waals surface area contributed by atoms with Gasteiger partial charge in [-0.3, -0.25) is 0 Å². The Labute approximate surface area is 98.2 Å². The van der Waals surface area contributed by atoms with E-state index in [0.29, 0.717) is 22.2 Å². The van der Waals surface area contributed by atoms with Gasteiger partial charge < -0.3 is 15.9 Å². The summed E-state index contributed by atoms with van der Waals surface area (Å²) < 4.78 is 0. The van der Waals surface area contributed by atoms with Crippen molar-refractivity contribution in [1.82, 2.24) is 0 Å². The number of nitrogen functional groups attached to an aromatic ring is 1. The monoisotopic (exact) mass is 247 g/mol. The number of hydrogen-bond acceptors (Lipinski definition) is 4. The van der Waals surface area contributed by atoms with Crippen LogP contribution in [0.25, 0.3) is 0 Å². The molecule has 1 atom stereocenters. The third-order valence-corrected chi connectivity index (χ3v) is 3.35. The highest BCUT2D eigenvalue weighted by Gasteiger charge is 2.04. The van der Waals surface area contributed by atoms with Gasteiger partial charge in [-0.1, -0.05) is 11.6 Å². The fourth-order valence-corrected chi connectivity index (χ4v) is 2.28. The average molecular weight is 248 g/mol. The fourth-order valence-electron chi connectivity index (χ4n) is 1.06. The van der Waals surface area contributed by atoms with Gasteiger partial charge in [0.1, 0.15) is 0 Å². The highest BCUT2D eigenvalue weighted by atomic mass is 35.5. The fraction of sp³-hybridized carbons (Fsp3) is 0.400. The minimum absolute atomic E-state index is 0.211. The van der Waals surface area contributed by atoms with E-state index in [2.05, 4.69) is 0 Å². The number of nitrogens with two attached hydrogens (primary N) is 1. The molecule has 15 heavy (non-hydrogen) atoms. The van der Waals surface area contributed by atoms with Crippen LogP contribution in [0.2, 0.25) is 5.02 Å². The van der Waals surface area contributed by atoms with E-state index in [1.165, 1.54) is 11.8 Å². The molecule has 84 valence electrons. The van der Waals surface area contributed by atoms with E-state index in [1.54, 1.807) is 12.1 Å². The molecule has 0 saturated heterocycles. The van der Waals surface area contributed by atoms with Crippen LogP contribution in [0.1, 0.15) is 5.56 Å². The predicted octanol–water partition coefficient (Wildman–Crippen LogP) is 1.51. The van der Waals surface area contributed by atoms with Crippen LogP contribution in [0.3, 0.4) is 0 Å². The molecule has 1 aromatic carbocycles. The maximum absolute atomic E-state index is 9.13. The lowest BCUT2D eigenvalue weighted by atomic mass is 10.2. The first-order valence-electron chi connectivity index (χ1n) is 4.54. The first-order valence-corrected chi connectivity index (χ1v) is 6.07. The molecule has 0 heterocycles. The zero-order chi connectivity index (χ0) is 11.3. The Morgan fingerprint density at radius 2 is 2.20 bits per heavy atom. The summed E-state index contributed by atoms with van der Waals surface area (Å²) in [5.74, 6) is 1.17. The van der Waals surface area contributed by atoms with E-state index in [0.717, 1.165) is 5.56 Å². The number of anilines is 1. The van der Waals surface area contributed by atoms with E-state index in [9.17, 15) is 0 Å². The smallest absolute Gasteiger partial charge is 0.0861 e. The van der Waals surface area contributed by atoms with Crippen LogP contribution in [0.15, 0.2) is 18.2 Å². The molecule has 3 nitrogen and oxygen atoms in total. The van der Waals surface area contributed by atoms with Gasteiger partial charge in [0, 0.05) is 22.2 Å². The van der Waals surface area contributed by atoms with Crippen molar-refractivity contribution >= 4 is 29.1 Å². The van der Waals surface area contributed by atoms with Gasteiger partial charge >= 0.3 is 0 Å². The predicted molar refractivity (Wildman–Crippen MR) is 65.1 cm³/mol. The van der Waals surface area contributed by atoms with Crippen LogP contribution in [-0.4, -0.2) is 28.7 Å². The van der Waals surface area contributed by atoms with Crippen LogP contribution >= 0.6 is 23.4 Å². The minimum atomic E-state index is -0.671. The van der Waals surface area contributed by atoms with E-state index in [4.69, 9.17) is 27.5 Å². The van der Waals surface area contributed by atoms with Crippen LogP contribution in [0.5, 0.6) is 0 Å². The molecule has 1 rings (SSSR count). The molecule has 1 unspecified atom stereocenters. The number of aliphatic hydroxyl groups is 2. The lowest BCUT2D eigenvalue weighted by Crippen LogP contribution is -2.14. The molecule has 0 radical (unpaired) electrons. The third kappa shape index (κ3) is 4.30. The van der Waals surface area contributed by atoms with Crippen molar-refractivity contribution in [2.75, 3.05) is 18.1 Å². The summed E-state index contributed by atoms with van der Waals surface area (Å²) in [7, 11) is 0. The number of benzene rings is 1. The Kier molecular flexibility index (Phi) is 5.25. The Hall–Kier alpha value is -0.420. The van der Waals surface area contributed by atoms with Crippen LogP contribution in [0.4, 0.5) is 5.69 Å². The van der Waals surface area contributed by atoms with E-state index >= 15 is 0 Å². The molecule has 0 aromatic heterocycles. The summed E-state index contributed by atoms with van der Waals surface area (Å²) >= 11 is 7.48. The van der Waals surface area contributed by atoms with Gasteiger partial charge in [-0.05, 0) is 23.8 Å². The van der Waals surface area contributed by atoms with Gasteiger partial charge in [-0.15, -0.1) is 0 Å². The molecule has 0 bridgehead atoms. The zero-order valence-corrected chi connectivity index (χ0v) is 9.76. The highest BCUT2D eigenvalue weighted by Crippen LogP contribution is 2.23. The molecule has 0 aliphatic rings. The topological polar surface area (TPSA) is 66.5 Å². The molecule has 0 fully saturated rings. The van der Waals surface area contributed by atoms with Crippen LogP contribution in [0, 0.1) is 0 Å². The third-order valence-electron chi connectivity index (χ3n) is 1.85. The SMILES string of the molecule is Nc1ccc(Cl)c(CSCC(O)CO)c1. The second-order valence-corrected chi connectivity index (χ2v) is 4.64. The number of rotatable bonds is 5. The van der Waals surface area contributed by atoms with Gasteiger partial charge in [0.15, 0.2) is 0 Å². The van der Waals surface area contributed by atoms with Gasteiger partial charge in [-0.2, -0.15) is 11.8 Å². The van der Waals surface area contributed by atoms with Crippen molar-refractivity contribution in [3.05, 3.63) is 28.8 Å². The Bertz CT molecular complexity index is 322. The number of halogens is 1. The largest absolute Gasteiger partial charge is 0.399 e. The van der Waals surface area contributed by atoms with Crippen molar-refractivity contribution < 1.29 is 10.2 Å². The normalized spacial score (nSPS) is 12.7.